The van der Waals surface area contributed by atoms with Crippen molar-refractivity contribution in [1.29, 1.82) is 0 Å². The summed E-state index contributed by atoms with van der Waals surface area (Å²) < 4.78 is 5.06. The Labute approximate surface area is 118 Å². The molecule has 0 aliphatic heterocycles. The van der Waals surface area contributed by atoms with Crippen molar-refractivity contribution in [1.82, 2.24) is 0 Å². The molecule has 0 aliphatic rings. The molecular formula is C13H13N3OV. The van der Waals surface area contributed by atoms with Crippen molar-refractivity contribution < 1.29 is 23.3 Å². The molecule has 91 valence electrons. The Hall–Kier alpha value is -1.78. The van der Waals surface area contributed by atoms with Gasteiger partial charge in [0.15, 0.2) is 0 Å². The minimum absolute atomic E-state index is 0. The maximum Gasteiger partial charge on any atom is 0.119 e. The van der Waals surface area contributed by atoms with E-state index in [0.717, 1.165) is 17.1 Å². The molecule has 0 saturated heterocycles. The molecule has 4 nitrogen and oxygen atoms in total. The Morgan fingerprint density at radius 3 is 1.72 bits per heavy atom. The van der Waals surface area contributed by atoms with Crippen LogP contribution in [-0.4, -0.2) is 7.11 Å². The van der Waals surface area contributed by atoms with Crippen LogP contribution < -0.4 is 10.5 Å². The van der Waals surface area contributed by atoms with Gasteiger partial charge in [-0.15, -0.1) is 0 Å². The summed E-state index contributed by atoms with van der Waals surface area (Å²) in [4.78, 5) is 0. The number of nitrogens with zero attached hydrogens (tertiary/aromatic N) is 2. The van der Waals surface area contributed by atoms with Crippen molar-refractivity contribution in [3.63, 3.8) is 0 Å². The molecule has 0 unspecified atom stereocenters. The van der Waals surface area contributed by atoms with E-state index in [2.05, 4.69) is 10.2 Å². The second-order valence-corrected chi connectivity index (χ2v) is 3.49. The summed E-state index contributed by atoms with van der Waals surface area (Å²) in [5.74, 6) is 0.802. The van der Waals surface area contributed by atoms with Crippen molar-refractivity contribution in [2.75, 3.05) is 12.8 Å². The monoisotopic (exact) mass is 278 g/mol. The van der Waals surface area contributed by atoms with Crippen molar-refractivity contribution in [2.24, 2.45) is 10.2 Å². The van der Waals surface area contributed by atoms with E-state index in [1.54, 1.807) is 19.2 Å². The average Bonchev–Trinajstić information content (AvgIpc) is 2.39. The van der Waals surface area contributed by atoms with Crippen LogP contribution in [0.3, 0.4) is 0 Å². The first-order valence-electron chi connectivity index (χ1n) is 5.19. The molecule has 0 spiro atoms. The Balaban J connectivity index is 0.00000162. The van der Waals surface area contributed by atoms with Gasteiger partial charge in [0.25, 0.3) is 0 Å². The second kappa shape index (κ2) is 6.84. The number of nitrogens with two attached hydrogens (primary N) is 1. The first-order chi connectivity index (χ1) is 8.28. The zero-order valence-corrected chi connectivity index (χ0v) is 11.3. The number of rotatable bonds is 3. The Kier molecular flexibility index (Phi) is 5.43. The van der Waals surface area contributed by atoms with Crippen LogP contribution in [0.25, 0.3) is 0 Å². The number of anilines is 1. The molecule has 0 aromatic heterocycles. The third-order valence-corrected chi connectivity index (χ3v) is 2.25. The van der Waals surface area contributed by atoms with Crippen molar-refractivity contribution in [2.45, 2.75) is 0 Å². The molecule has 0 saturated carbocycles. The van der Waals surface area contributed by atoms with E-state index in [1.807, 2.05) is 36.4 Å². The predicted octanol–water partition coefficient (Wildman–Crippen LogP) is 3.69. The van der Waals surface area contributed by atoms with E-state index >= 15 is 0 Å². The van der Waals surface area contributed by atoms with Crippen LogP contribution in [-0.2, 0) is 18.6 Å². The number of azo groups is 1. The van der Waals surface area contributed by atoms with Crippen molar-refractivity contribution in [3.05, 3.63) is 48.5 Å². The quantitative estimate of drug-likeness (QED) is 0.687. The molecule has 0 bridgehead atoms. The van der Waals surface area contributed by atoms with Gasteiger partial charge in [0.2, 0.25) is 0 Å². The smallest absolute Gasteiger partial charge is 0.119 e. The van der Waals surface area contributed by atoms with Gasteiger partial charge in [-0.2, -0.15) is 10.2 Å². The van der Waals surface area contributed by atoms with Gasteiger partial charge in [-0.05, 0) is 48.5 Å². The zero-order chi connectivity index (χ0) is 12.1. The number of ether oxygens (including phenoxy) is 1. The van der Waals surface area contributed by atoms with Crippen LogP contribution in [0, 0.1) is 0 Å². The van der Waals surface area contributed by atoms with Crippen LogP contribution in [0.2, 0.25) is 0 Å². The van der Waals surface area contributed by atoms with Gasteiger partial charge in [-0.3, -0.25) is 0 Å². The van der Waals surface area contributed by atoms with Gasteiger partial charge in [-0.25, -0.2) is 0 Å². The molecule has 1 radical (unpaired) electrons. The summed E-state index contributed by atoms with van der Waals surface area (Å²) in [5.41, 5.74) is 7.85. The maximum atomic E-state index is 5.58. The molecule has 0 amide bonds. The fourth-order valence-electron chi connectivity index (χ4n) is 1.31. The second-order valence-electron chi connectivity index (χ2n) is 3.49. The summed E-state index contributed by atoms with van der Waals surface area (Å²) in [6, 6.07) is 14.6. The van der Waals surface area contributed by atoms with Gasteiger partial charge in [0.05, 0.1) is 18.5 Å². The number of hydrogen-bond donors (Lipinski definition) is 1. The Bertz CT molecular complexity index is 509. The third kappa shape index (κ3) is 3.91. The minimum atomic E-state index is 0. The van der Waals surface area contributed by atoms with E-state index < -0.39 is 0 Å². The fourth-order valence-corrected chi connectivity index (χ4v) is 1.31. The molecule has 0 fully saturated rings. The molecule has 5 heteroatoms. The van der Waals surface area contributed by atoms with Crippen molar-refractivity contribution >= 4 is 17.1 Å². The normalized spacial score (nSPS) is 10.1. The molecule has 18 heavy (non-hydrogen) atoms. The zero-order valence-electron chi connectivity index (χ0n) is 9.95. The summed E-state index contributed by atoms with van der Waals surface area (Å²) >= 11 is 0. The van der Waals surface area contributed by atoms with Crippen molar-refractivity contribution in [3.8, 4) is 5.75 Å². The van der Waals surface area contributed by atoms with Crippen LogP contribution in [0.4, 0.5) is 17.1 Å². The summed E-state index contributed by atoms with van der Waals surface area (Å²) in [6.07, 6.45) is 0. The molecular weight excluding hydrogens is 265 g/mol. The van der Waals surface area contributed by atoms with Gasteiger partial charge < -0.3 is 10.5 Å². The first kappa shape index (κ1) is 14.3. The van der Waals surface area contributed by atoms with Gasteiger partial charge in [0, 0.05) is 24.2 Å². The molecule has 0 atom stereocenters. The molecule has 2 aromatic rings. The van der Waals surface area contributed by atoms with Gasteiger partial charge in [-0.1, -0.05) is 0 Å². The van der Waals surface area contributed by atoms with E-state index in [0.29, 0.717) is 5.69 Å². The molecule has 2 aromatic carbocycles. The molecule has 0 aliphatic carbocycles. The summed E-state index contributed by atoms with van der Waals surface area (Å²) in [7, 11) is 1.63. The van der Waals surface area contributed by atoms with Gasteiger partial charge in [0.1, 0.15) is 5.75 Å². The third-order valence-electron chi connectivity index (χ3n) is 2.25. The largest absolute Gasteiger partial charge is 0.497 e. The predicted molar refractivity (Wildman–Crippen MR) is 68.0 cm³/mol. The fraction of sp³-hybridized carbons (Fsp3) is 0.0769. The number of nitrogen functional groups attached to an aromatic ring is 1. The SMILES string of the molecule is COc1ccc(N=Nc2ccc(N)cc2)cc1.[V]. The van der Waals surface area contributed by atoms with E-state index in [4.69, 9.17) is 10.5 Å². The number of hydrogen-bond acceptors (Lipinski definition) is 4. The Morgan fingerprint density at radius 1 is 0.833 bits per heavy atom. The average molecular weight is 278 g/mol. The summed E-state index contributed by atoms with van der Waals surface area (Å²) in [5, 5.41) is 8.21. The van der Waals surface area contributed by atoms with E-state index in [9.17, 15) is 0 Å². The topological polar surface area (TPSA) is 60.0 Å². The van der Waals surface area contributed by atoms with Gasteiger partial charge >= 0.3 is 0 Å². The Morgan fingerprint density at radius 2 is 1.28 bits per heavy atom. The van der Waals surface area contributed by atoms with Crippen LogP contribution >= 0.6 is 0 Å². The van der Waals surface area contributed by atoms with E-state index in [1.165, 1.54) is 0 Å². The number of methoxy groups -OCH3 is 1. The van der Waals surface area contributed by atoms with Crippen LogP contribution in [0.1, 0.15) is 0 Å². The molecule has 2 N–H and O–H groups in total. The minimum Gasteiger partial charge on any atom is -0.497 e. The maximum absolute atomic E-state index is 5.58. The van der Waals surface area contributed by atoms with E-state index in [-0.39, 0.29) is 18.6 Å². The number of benzene rings is 2. The summed E-state index contributed by atoms with van der Waals surface area (Å²) in [6.45, 7) is 0. The first-order valence-corrected chi connectivity index (χ1v) is 5.19. The van der Waals surface area contributed by atoms with Crippen LogP contribution in [0.5, 0.6) is 5.75 Å². The van der Waals surface area contributed by atoms with Crippen LogP contribution in [0.15, 0.2) is 58.8 Å². The molecule has 0 heterocycles. The standard InChI is InChI=1S/C13H13N3O.V/c1-17-13-8-6-12(7-9-13)16-15-11-4-2-10(14)3-5-11;/h2-9H,14H2,1H3;. The molecule has 2 rings (SSSR count).